The van der Waals surface area contributed by atoms with E-state index in [0.717, 1.165) is 10.0 Å². The van der Waals surface area contributed by atoms with Crippen molar-refractivity contribution >= 4 is 64.8 Å². The van der Waals surface area contributed by atoms with Crippen molar-refractivity contribution in [2.45, 2.75) is 0 Å². The second-order valence-corrected chi connectivity index (χ2v) is 8.75. The van der Waals surface area contributed by atoms with Gasteiger partial charge in [-0.05, 0) is 46.7 Å². The molecule has 30 heavy (non-hydrogen) atoms. The number of fused-ring (bicyclic) bond motifs is 6. The maximum absolute atomic E-state index is 4.31. The lowest BCUT2D eigenvalue weighted by Gasteiger charge is -2.14. The lowest BCUT2D eigenvalue weighted by molar-refractivity contribution is 1.33. The van der Waals surface area contributed by atoms with Crippen LogP contribution in [0, 0.1) is 0 Å². The second kappa shape index (κ2) is 5.80. The Labute approximate surface area is 180 Å². The van der Waals surface area contributed by atoms with Gasteiger partial charge in [0.25, 0.3) is 0 Å². The van der Waals surface area contributed by atoms with Gasteiger partial charge in [0, 0.05) is 44.0 Å². The first-order valence-electron chi connectivity index (χ1n) is 10.0. The van der Waals surface area contributed by atoms with Crippen molar-refractivity contribution in [3.63, 3.8) is 0 Å². The highest BCUT2D eigenvalue weighted by atomic mass is 79.9. The van der Waals surface area contributed by atoms with Crippen LogP contribution in [0.2, 0.25) is 0 Å². The monoisotopic (exact) mass is 446 g/mol. The molecule has 0 aliphatic heterocycles. The standard InChI is InChI=1S/C27H15BrN2/c28-19-8-10-20-22-9-6-16-3-1-5-21-23-13-17(18-4-2-12-29-15-18)7-11-24(23)30(25(20)14-19)27(22)26(16)21/h1-15H. The van der Waals surface area contributed by atoms with Crippen molar-refractivity contribution in [2.75, 3.05) is 0 Å². The highest BCUT2D eigenvalue weighted by molar-refractivity contribution is 9.10. The third kappa shape index (κ3) is 2.05. The van der Waals surface area contributed by atoms with E-state index >= 15 is 0 Å². The van der Waals surface area contributed by atoms with Crippen LogP contribution in [-0.4, -0.2) is 9.38 Å². The fourth-order valence-corrected chi connectivity index (χ4v) is 5.33. The molecular formula is C27H15BrN2. The zero-order valence-corrected chi connectivity index (χ0v) is 17.5. The molecule has 0 saturated carbocycles. The minimum atomic E-state index is 1.10. The zero-order valence-electron chi connectivity index (χ0n) is 15.9. The van der Waals surface area contributed by atoms with E-state index < -0.39 is 0 Å². The molecule has 0 aliphatic rings. The van der Waals surface area contributed by atoms with E-state index in [4.69, 9.17) is 0 Å². The summed E-state index contributed by atoms with van der Waals surface area (Å²) < 4.78 is 3.53. The fraction of sp³-hybridized carbons (Fsp3) is 0. The quantitative estimate of drug-likeness (QED) is 0.185. The summed E-state index contributed by atoms with van der Waals surface area (Å²) in [5.74, 6) is 0. The molecule has 3 heterocycles. The molecule has 7 aromatic rings. The molecular weight excluding hydrogens is 432 g/mol. The van der Waals surface area contributed by atoms with Crippen LogP contribution < -0.4 is 0 Å². The van der Waals surface area contributed by atoms with Crippen LogP contribution in [-0.2, 0) is 0 Å². The molecule has 3 aromatic heterocycles. The molecule has 0 spiro atoms. The molecule has 0 N–H and O–H groups in total. The van der Waals surface area contributed by atoms with E-state index in [1.165, 1.54) is 54.4 Å². The SMILES string of the molecule is Brc1ccc2c3ccc4cccc5c6cc(-c7cccnc7)ccc6n(c2c1)c3c45. The largest absolute Gasteiger partial charge is 0.308 e. The van der Waals surface area contributed by atoms with Crippen LogP contribution >= 0.6 is 15.9 Å². The van der Waals surface area contributed by atoms with Gasteiger partial charge in [-0.2, -0.15) is 0 Å². The average Bonchev–Trinajstić information content (AvgIpc) is 3.13. The Hall–Kier alpha value is -3.43. The number of rotatable bonds is 1. The van der Waals surface area contributed by atoms with Gasteiger partial charge in [-0.15, -0.1) is 0 Å². The number of hydrogen-bond donors (Lipinski definition) is 0. The molecule has 0 radical (unpaired) electrons. The normalized spacial score (nSPS) is 12.2. The molecule has 0 saturated heterocycles. The summed E-state index contributed by atoms with van der Waals surface area (Å²) in [4.78, 5) is 4.31. The van der Waals surface area contributed by atoms with E-state index in [0.29, 0.717) is 0 Å². The van der Waals surface area contributed by atoms with Crippen molar-refractivity contribution < 1.29 is 0 Å². The third-order valence-corrected chi connectivity index (χ3v) is 6.75. The number of nitrogens with zero attached hydrogens (tertiary/aromatic N) is 2. The number of pyridine rings is 2. The number of benzene rings is 4. The van der Waals surface area contributed by atoms with E-state index in [-0.39, 0.29) is 0 Å². The molecule has 2 nitrogen and oxygen atoms in total. The lowest BCUT2D eigenvalue weighted by atomic mass is 9.96. The van der Waals surface area contributed by atoms with Crippen LogP contribution in [0.5, 0.6) is 0 Å². The van der Waals surface area contributed by atoms with Crippen LogP contribution in [0.3, 0.4) is 0 Å². The van der Waals surface area contributed by atoms with Crippen molar-refractivity contribution in [1.29, 1.82) is 0 Å². The Bertz CT molecular complexity index is 1750. The predicted molar refractivity (Wildman–Crippen MR) is 130 cm³/mol. The Morgan fingerprint density at radius 3 is 2.50 bits per heavy atom. The molecule has 7 rings (SSSR count). The van der Waals surface area contributed by atoms with Crippen LogP contribution in [0.15, 0.2) is 95.7 Å². The summed E-state index contributed by atoms with van der Waals surface area (Å²) in [7, 11) is 0. The Morgan fingerprint density at radius 1 is 0.667 bits per heavy atom. The molecule has 0 fully saturated rings. The van der Waals surface area contributed by atoms with Gasteiger partial charge in [-0.25, -0.2) is 0 Å². The van der Waals surface area contributed by atoms with E-state index in [2.05, 4.69) is 98.1 Å². The van der Waals surface area contributed by atoms with Gasteiger partial charge in [0.05, 0.1) is 16.6 Å². The summed E-state index contributed by atoms with van der Waals surface area (Å²) in [6, 6.07) is 28.6. The summed E-state index contributed by atoms with van der Waals surface area (Å²) in [6.07, 6.45) is 3.75. The first-order chi connectivity index (χ1) is 14.8. The first-order valence-corrected chi connectivity index (χ1v) is 10.8. The smallest absolute Gasteiger partial charge is 0.0625 e. The van der Waals surface area contributed by atoms with Crippen molar-refractivity contribution in [2.24, 2.45) is 0 Å². The van der Waals surface area contributed by atoms with Gasteiger partial charge >= 0.3 is 0 Å². The van der Waals surface area contributed by atoms with Crippen LogP contribution in [0.1, 0.15) is 0 Å². The summed E-state index contributed by atoms with van der Waals surface area (Å²) in [5.41, 5.74) is 6.09. The number of halogens is 1. The molecule has 0 bridgehead atoms. The average molecular weight is 447 g/mol. The maximum atomic E-state index is 4.31. The van der Waals surface area contributed by atoms with Crippen LogP contribution in [0.4, 0.5) is 0 Å². The first kappa shape index (κ1) is 16.4. The van der Waals surface area contributed by atoms with E-state index in [1.807, 2.05) is 18.5 Å². The van der Waals surface area contributed by atoms with Gasteiger partial charge in [0.2, 0.25) is 0 Å². The Kier molecular flexibility index (Phi) is 3.17. The lowest BCUT2D eigenvalue weighted by Crippen LogP contribution is -1.93. The summed E-state index contributed by atoms with van der Waals surface area (Å²) in [6.45, 7) is 0. The maximum Gasteiger partial charge on any atom is 0.0625 e. The zero-order chi connectivity index (χ0) is 19.8. The molecule has 0 atom stereocenters. The Balaban J connectivity index is 1.78. The third-order valence-electron chi connectivity index (χ3n) is 6.26. The molecule has 0 unspecified atom stereocenters. The van der Waals surface area contributed by atoms with Crippen molar-refractivity contribution in [3.05, 3.63) is 95.7 Å². The van der Waals surface area contributed by atoms with Gasteiger partial charge in [-0.1, -0.05) is 64.5 Å². The predicted octanol–water partition coefficient (Wildman–Crippen LogP) is 7.81. The number of hydrogen-bond acceptors (Lipinski definition) is 1. The molecule has 0 aliphatic carbocycles. The molecule has 4 aromatic carbocycles. The number of aromatic nitrogens is 2. The van der Waals surface area contributed by atoms with Gasteiger partial charge in [-0.3, -0.25) is 4.98 Å². The van der Waals surface area contributed by atoms with Crippen LogP contribution in [0.25, 0.3) is 60.0 Å². The molecule has 3 heteroatoms. The highest BCUT2D eigenvalue weighted by Gasteiger charge is 2.18. The highest BCUT2D eigenvalue weighted by Crippen LogP contribution is 2.42. The summed E-state index contributed by atoms with van der Waals surface area (Å²) in [5, 5.41) is 7.76. The van der Waals surface area contributed by atoms with Crippen molar-refractivity contribution in [1.82, 2.24) is 9.38 Å². The molecule has 0 amide bonds. The Morgan fingerprint density at radius 2 is 1.60 bits per heavy atom. The van der Waals surface area contributed by atoms with Gasteiger partial charge in [0.15, 0.2) is 0 Å². The van der Waals surface area contributed by atoms with Crippen molar-refractivity contribution in [3.8, 4) is 11.1 Å². The van der Waals surface area contributed by atoms with E-state index in [1.54, 1.807) is 0 Å². The fourth-order valence-electron chi connectivity index (χ4n) is 4.98. The second-order valence-electron chi connectivity index (χ2n) is 7.84. The minimum Gasteiger partial charge on any atom is -0.308 e. The van der Waals surface area contributed by atoms with E-state index in [9.17, 15) is 0 Å². The topological polar surface area (TPSA) is 17.3 Å². The van der Waals surface area contributed by atoms with Gasteiger partial charge < -0.3 is 4.40 Å². The minimum absolute atomic E-state index is 1.10. The summed E-state index contributed by atoms with van der Waals surface area (Å²) >= 11 is 3.68. The van der Waals surface area contributed by atoms with Gasteiger partial charge in [0.1, 0.15) is 0 Å². The molecule has 140 valence electrons.